The maximum atomic E-state index is 12.0. The quantitative estimate of drug-likeness (QED) is 0.792. The third-order valence-corrected chi connectivity index (χ3v) is 3.20. The molecular formula is C15H13Cl2N3O2. The van der Waals surface area contributed by atoms with Crippen LogP contribution in [0.1, 0.15) is 10.4 Å². The second kappa shape index (κ2) is 7.15. The van der Waals surface area contributed by atoms with E-state index in [1.54, 1.807) is 42.5 Å². The van der Waals surface area contributed by atoms with Crippen LogP contribution in [-0.4, -0.2) is 19.0 Å². The Hall–Kier alpha value is -2.24. The molecule has 5 nitrogen and oxygen atoms in total. The maximum Gasteiger partial charge on any atom is 0.323 e. The van der Waals surface area contributed by atoms with Crippen LogP contribution >= 0.6 is 23.2 Å². The lowest BCUT2D eigenvalue weighted by Gasteiger charge is -2.11. The highest BCUT2D eigenvalue weighted by Crippen LogP contribution is 2.23. The first-order valence-corrected chi connectivity index (χ1v) is 7.10. The fourth-order valence-electron chi connectivity index (χ4n) is 1.84. The van der Waals surface area contributed by atoms with Crippen molar-refractivity contribution >= 4 is 46.5 Å². The molecule has 22 heavy (non-hydrogen) atoms. The van der Waals surface area contributed by atoms with Gasteiger partial charge in [0.1, 0.15) is 0 Å². The van der Waals surface area contributed by atoms with Crippen LogP contribution in [0.5, 0.6) is 0 Å². The number of hydrogen-bond acceptors (Lipinski definition) is 2. The number of benzene rings is 2. The van der Waals surface area contributed by atoms with E-state index in [1.807, 2.05) is 0 Å². The number of amides is 3. The van der Waals surface area contributed by atoms with Crippen molar-refractivity contribution in [2.24, 2.45) is 0 Å². The van der Waals surface area contributed by atoms with Crippen LogP contribution in [0, 0.1) is 0 Å². The van der Waals surface area contributed by atoms with Gasteiger partial charge in [0.2, 0.25) is 0 Å². The molecule has 0 saturated carbocycles. The summed E-state index contributed by atoms with van der Waals surface area (Å²) in [7, 11) is 1.52. The molecule has 0 unspecified atom stereocenters. The Labute approximate surface area is 137 Å². The van der Waals surface area contributed by atoms with Gasteiger partial charge in [-0.3, -0.25) is 4.79 Å². The van der Waals surface area contributed by atoms with Gasteiger partial charge in [-0.15, -0.1) is 0 Å². The summed E-state index contributed by atoms with van der Waals surface area (Å²) in [4.78, 5) is 23.8. The SMILES string of the molecule is CNC(=O)c1ccccc1NC(=O)Nc1cc(Cl)cc(Cl)c1. The molecule has 2 aromatic carbocycles. The summed E-state index contributed by atoms with van der Waals surface area (Å²) >= 11 is 11.7. The number of hydrogen-bond donors (Lipinski definition) is 3. The Balaban J connectivity index is 2.14. The average Bonchev–Trinajstić information content (AvgIpc) is 2.45. The zero-order valence-electron chi connectivity index (χ0n) is 11.6. The number of para-hydroxylation sites is 1. The van der Waals surface area contributed by atoms with Crippen LogP contribution < -0.4 is 16.0 Å². The molecule has 0 saturated heterocycles. The standard InChI is InChI=1S/C15H13Cl2N3O2/c1-18-14(21)12-4-2-3-5-13(12)20-15(22)19-11-7-9(16)6-10(17)8-11/h2-8H,1H3,(H,18,21)(H2,19,20,22). The Morgan fingerprint density at radius 1 is 0.955 bits per heavy atom. The smallest absolute Gasteiger partial charge is 0.323 e. The van der Waals surface area contributed by atoms with Gasteiger partial charge < -0.3 is 16.0 Å². The summed E-state index contributed by atoms with van der Waals surface area (Å²) in [5, 5.41) is 8.56. The van der Waals surface area contributed by atoms with E-state index < -0.39 is 6.03 Å². The molecule has 0 bridgehead atoms. The Morgan fingerprint density at radius 2 is 1.59 bits per heavy atom. The average molecular weight is 338 g/mol. The number of carbonyl (C=O) groups excluding carboxylic acids is 2. The number of nitrogens with one attached hydrogen (secondary N) is 3. The normalized spacial score (nSPS) is 9.95. The van der Waals surface area contributed by atoms with Gasteiger partial charge in [0.25, 0.3) is 5.91 Å². The van der Waals surface area contributed by atoms with E-state index in [1.165, 1.54) is 7.05 Å². The zero-order valence-corrected chi connectivity index (χ0v) is 13.1. The van der Waals surface area contributed by atoms with E-state index in [0.717, 1.165) is 0 Å². The molecule has 0 radical (unpaired) electrons. The predicted octanol–water partition coefficient (Wildman–Crippen LogP) is 4.00. The van der Waals surface area contributed by atoms with Crippen molar-refractivity contribution in [2.75, 3.05) is 17.7 Å². The summed E-state index contributed by atoms with van der Waals surface area (Å²) in [6.07, 6.45) is 0. The summed E-state index contributed by atoms with van der Waals surface area (Å²) in [6.45, 7) is 0. The number of urea groups is 1. The van der Waals surface area contributed by atoms with Gasteiger partial charge in [-0.05, 0) is 30.3 Å². The number of carbonyl (C=O) groups is 2. The van der Waals surface area contributed by atoms with Crippen LogP contribution in [-0.2, 0) is 0 Å². The van der Waals surface area contributed by atoms with Crippen molar-refractivity contribution in [3.63, 3.8) is 0 Å². The van der Waals surface area contributed by atoms with Crippen molar-refractivity contribution in [3.05, 3.63) is 58.1 Å². The first-order valence-electron chi connectivity index (χ1n) is 6.35. The highest BCUT2D eigenvalue weighted by atomic mass is 35.5. The molecule has 2 rings (SSSR count). The molecular weight excluding hydrogens is 325 g/mol. The first-order chi connectivity index (χ1) is 10.5. The molecule has 3 N–H and O–H groups in total. The van der Waals surface area contributed by atoms with Crippen LogP contribution in [0.2, 0.25) is 10.0 Å². The second-order valence-electron chi connectivity index (χ2n) is 4.36. The highest BCUT2D eigenvalue weighted by Gasteiger charge is 2.12. The Kier molecular flexibility index (Phi) is 5.25. The van der Waals surface area contributed by atoms with Gasteiger partial charge in [0.15, 0.2) is 0 Å². The van der Waals surface area contributed by atoms with Crippen LogP contribution in [0.3, 0.4) is 0 Å². The molecule has 0 aromatic heterocycles. The van der Waals surface area contributed by atoms with E-state index in [-0.39, 0.29) is 5.91 Å². The molecule has 0 heterocycles. The molecule has 0 fully saturated rings. The monoisotopic (exact) mass is 337 g/mol. The molecule has 0 spiro atoms. The van der Waals surface area contributed by atoms with Crippen molar-refractivity contribution in [3.8, 4) is 0 Å². The molecule has 0 atom stereocenters. The number of rotatable bonds is 3. The van der Waals surface area contributed by atoms with Crippen molar-refractivity contribution in [2.45, 2.75) is 0 Å². The van der Waals surface area contributed by atoms with Gasteiger partial charge in [-0.25, -0.2) is 4.79 Å². The Morgan fingerprint density at radius 3 is 2.23 bits per heavy atom. The summed E-state index contributed by atoms with van der Waals surface area (Å²) in [5.41, 5.74) is 1.21. The minimum absolute atomic E-state index is 0.290. The molecule has 7 heteroatoms. The fourth-order valence-corrected chi connectivity index (χ4v) is 2.36. The number of halogens is 2. The van der Waals surface area contributed by atoms with Gasteiger partial charge in [-0.1, -0.05) is 35.3 Å². The summed E-state index contributed by atoms with van der Waals surface area (Å²) in [6, 6.07) is 10.9. The van der Waals surface area contributed by atoms with Crippen molar-refractivity contribution in [1.82, 2.24) is 5.32 Å². The molecule has 2 aromatic rings. The third kappa shape index (κ3) is 4.13. The summed E-state index contributed by atoms with van der Waals surface area (Å²) < 4.78 is 0. The van der Waals surface area contributed by atoms with Gasteiger partial charge in [0.05, 0.1) is 11.3 Å². The van der Waals surface area contributed by atoms with Crippen LogP contribution in [0.25, 0.3) is 0 Å². The van der Waals surface area contributed by atoms with Gasteiger partial charge in [-0.2, -0.15) is 0 Å². The van der Waals surface area contributed by atoms with Crippen molar-refractivity contribution < 1.29 is 9.59 Å². The molecule has 0 aliphatic heterocycles. The molecule has 0 aliphatic carbocycles. The predicted molar refractivity (Wildman–Crippen MR) is 88.9 cm³/mol. The number of anilines is 2. The minimum atomic E-state index is -0.505. The first kappa shape index (κ1) is 16.1. The van der Waals surface area contributed by atoms with Crippen LogP contribution in [0.4, 0.5) is 16.2 Å². The van der Waals surface area contributed by atoms with E-state index in [4.69, 9.17) is 23.2 Å². The minimum Gasteiger partial charge on any atom is -0.355 e. The molecule has 0 aliphatic rings. The second-order valence-corrected chi connectivity index (χ2v) is 5.23. The lowest BCUT2D eigenvalue weighted by atomic mass is 10.1. The maximum absolute atomic E-state index is 12.0. The lowest BCUT2D eigenvalue weighted by molar-refractivity contribution is 0.0964. The van der Waals surface area contributed by atoms with Gasteiger partial charge in [0, 0.05) is 22.8 Å². The zero-order chi connectivity index (χ0) is 16.1. The topological polar surface area (TPSA) is 70.2 Å². The molecule has 114 valence electrons. The Bertz CT molecular complexity index is 699. The molecule has 3 amide bonds. The van der Waals surface area contributed by atoms with E-state index in [9.17, 15) is 9.59 Å². The third-order valence-electron chi connectivity index (χ3n) is 2.77. The largest absolute Gasteiger partial charge is 0.355 e. The van der Waals surface area contributed by atoms with Gasteiger partial charge >= 0.3 is 6.03 Å². The lowest BCUT2D eigenvalue weighted by Crippen LogP contribution is -2.24. The highest BCUT2D eigenvalue weighted by molar-refractivity contribution is 6.35. The van der Waals surface area contributed by atoms with E-state index in [0.29, 0.717) is 27.0 Å². The van der Waals surface area contributed by atoms with Crippen LogP contribution in [0.15, 0.2) is 42.5 Å². The van der Waals surface area contributed by atoms with Crippen molar-refractivity contribution in [1.29, 1.82) is 0 Å². The summed E-state index contributed by atoms with van der Waals surface area (Å²) in [5.74, 6) is -0.290. The fraction of sp³-hybridized carbons (Fsp3) is 0.0667. The van der Waals surface area contributed by atoms with E-state index in [2.05, 4.69) is 16.0 Å². The van der Waals surface area contributed by atoms with E-state index >= 15 is 0 Å².